The fourth-order valence-corrected chi connectivity index (χ4v) is 4.07. The smallest absolute Gasteiger partial charge is 0.311 e. The summed E-state index contributed by atoms with van der Waals surface area (Å²) in [6, 6.07) is 8.51. The lowest BCUT2D eigenvalue weighted by molar-refractivity contribution is -0.149. The molecular formula is C15H18INO2. The van der Waals surface area contributed by atoms with E-state index < -0.39 is 11.4 Å². The van der Waals surface area contributed by atoms with E-state index >= 15 is 0 Å². The van der Waals surface area contributed by atoms with Gasteiger partial charge in [-0.25, -0.2) is 0 Å². The van der Waals surface area contributed by atoms with E-state index in [4.69, 9.17) is 0 Å². The SMILES string of the molecule is O=C(O)[C@@]12CCC[C@H]1CN(Cc1ccc(I)cc1)C2. The first-order valence-electron chi connectivity index (χ1n) is 6.80. The Labute approximate surface area is 127 Å². The molecule has 1 aromatic rings. The number of carboxylic acids is 1. The molecule has 1 aliphatic carbocycles. The monoisotopic (exact) mass is 371 g/mol. The van der Waals surface area contributed by atoms with Crippen LogP contribution in [0.25, 0.3) is 0 Å². The first-order chi connectivity index (χ1) is 9.10. The lowest BCUT2D eigenvalue weighted by atomic mass is 9.81. The van der Waals surface area contributed by atoms with Crippen LogP contribution in [0.5, 0.6) is 0 Å². The summed E-state index contributed by atoms with van der Waals surface area (Å²) in [6.45, 7) is 2.54. The van der Waals surface area contributed by atoms with E-state index in [-0.39, 0.29) is 0 Å². The molecule has 1 heterocycles. The van der Waals surface area contributed by atoms with E-state index in [0.29, 0.717) is 5.92 Å². The fourth-order valence-electron chi connectivity index (χ4n) is 3.71. The predicted octanol–water partition coefficient (Wildman–Crippen LogP) is 2.98. The Hall–Kier alpha value is -0.620. The molecule has 1 saturated heterocycles. The minimum atomic E-state index is -0.583. The van der Waals surface area contributed by atoms with Gasteiger partial charge in [-0.15, -0.1) is 0 Å². The lowest BCUT2D eigenvalue weighted by Gasteiger charge is -2.23. The van der Waals surface area contributed by atoms with E-state index in [2.05, 4.69) is 51.8 Å². The number of carboxylic acid groups (broad SMARTS) is 1. The number of hydrogen-bond donors (Lipinski definition) is 1. The van der Waals surface area contributed by atoms with Crippen molar-refractivity contribution in [3.8, 4) is 0 Å². The third-order valence-electron chi connectivity index (χ3n) is 4.69. The summed E-state index contributed by atoms with van der Waals surface area (Å²) in [5, 5.41) is 9.57. The van der Waals surface area contributed by atoms with Crippen molar-refractivity contribution in [3.05, 3.63) is 33.4 Å². The summed E-state index contributed by atoms with van der Waals surface area (Å²) >= 11 is 2.30. The summed E-state index contributed by atoms with van der Waals surface area (Å²) in [4.78, 5) is 13.9. The van der Waals surface area contributed by atoms with Gasteiger partial charge in [-0.2, -0.15) is 0 Å². The highest BCUT2D eigenvalue weighted by Crippen LogP contribution is 2.49. The fraction of sp³-hybridized carbons (Fsp3) is 0.533. The zero-order chi connectivity index (χ0) is 13.5. The molecular weight excluding hydrogens is 353 g/mol. The summed E-state index contributed by atoms with van der Waals surface area (Å²) in [7, 11) is 0. The molecule has 3 rings (SSSR count). The van der Waals surface area contributed by atoms with E-state index in [0.717, 1.165) is 38.9 Å². The van der Waals surface area contributed by atoms with Gasteiger partial charge in [0.15, 0.2) is 0 Å². The number of hydrogen-bond acceptors (Lipinski definition) is 2. The Bertz CT molecular complexity index is 487. The topological polar surface area (TPSA) is 40.5 Å². The van der Waals surface area contributed by atoms with Gasteiger partial charge in [0.2, 0.25) is 0 Å². The first-order valence-corrected chi connectivity index (χ1v) is 7.88. The van der Waals surface area contributed by atoms with Gasteiger partial charge in [0, 0.05) is 23.2 Å². The minimum absolute atomic E-state index is 0.355. The molecule has 0 radical (unpaired) electrons. The quantitative estimate of drug-likeness (QED) is 0.831. The third kappa shape index (κ3) is 2.40. The molecule has 2 aliphatic rings. The van der Waals surface area contributed by atoms with E-state index in [9.17, 15) is 9.90 Å². The van der Waals surface area contributed by atoms with Crippen LogP contribution in [-0.2, 0) is 11.3 Å². The molecule has 4 heteroatoms. The summed E-state index contributed by atoms with van der Waals surface area (Å²) in [6.07, 6.45) is 3.01. The van der Waals surface area contributed by atoms with E-state index in [1.165, 1.54) is 9.13 Å². The van der Waals surface area contributed by atoms with Crippen LogP contribution < -0.4 is 0 Å². The van der Waals surface area contributed by atoms with Gasteiger partial charge in [0.25, 0.3) is 0 Å². The highest BCUT2D eigenvalue weighted by Gasteiger charge is 2.54. The van der Waals surface area contributed by atoms with Gasteiger partial charge >= 0.3 is 5.97 Å². The van der Waals surface area contributed by atoms with Crippen molar-refractivity contribution in [2.75, 3.05) is 13.1 Å². The van der Waals surface area contributed by atoms with E-state index in [1.54, 1.807) is 0 Å². The molecule has 0 aromatic heterocycles. The predicted molar refractivity (Wildman–Crippen MR) is 81.8 cm³/mol. The van der Waals surface area contributed by atoms with Crippen LogP contribution in [0.3, 0.4) is 0 Å². The van der Waals surface area contributed by atoms with Gasteiger partial charge in [-0.3, -0.25) is 9.69 Å². The van der Waals surface area contributed by atoms with Crippen molar-refractivity contribution >= 4 is 28.6 Å². The van der Waals surface area contributed by atoms with Crippen molar-refractivity contribution in [1.29, 1.82) is 0 Å². The molecule has 102 valence electrons. The number of fused-ring (bicyclic) bond motifs is 1. The molecule has 2 fully saturated rings. The number of aliphatic carboxylic acids is 1. The van der Waals surface area contributed by atoms with Crippen molar-refractivity contribution in [3.63, 3.8) is 0 Å². The normalized spacial score (nSPS) is 30.5. The Morgan fingerprint density at radius 3 is 2.79 bits per heavy atom. The first kappa shape index (κ1) is 13.4. The number of rotatable bonds is 3. The number of halogens is 1. The van der Waals surface area contributed by atoms with E-state index in [1.807, 2.05) is 0 Å². The molecule has 0 unspecified atom stereocenters. The number of likely N-dealkylation sites (tertiary alicyclic amines) is 1. The third-order valence-corrected chi connectivity index (χ3v) is 5.41. The van der Waals surface area contributed by atoms with Crippen molar-refractivity contribution in [2.45, 2.75) is 25.8 Å². The maximum Gasteiger partial charge on any atom is 0.311 e. The second kappa shape index (κ2) is 5.05. The number of nitrogens with zero attached hydrogens (tertiary/aromatic N) is 1. The van der Waals surface area contributed by atoms with Gasteiger partial charge < -0.3 is 5.11 Å². The number of carbonyl (C=O) groups is 1. The summed E-state index contributed by atoms with van der Waals surface area (Å²) < 4.78 is 1.24. The van der Waals surface area contributed by atoms with Gasteiger partial charge in [0.1, 0.15) is 0 Å². The molecule has 1 aromatic carbocycles. The Balaban J connectivity index is 1.72. The molecule has 3 nitrogen and oxygen atoms in total. The highest BCUT2D eigenvalue weighted by atomic mass is 127. The Morgan fingerprint density at radius 1 is 1.42 bits per heavy atom. The number of benzene rings is 1. The second-order valence-corrected chi connectivity index (χ2v) is 7.09. The Morgan fingerprint density at radius 2 is 2.16 bits per heavy atom. The van der Waals surface area contributed by atoms with Crippen LogP contribution >= 0.6 is 22.6 Å². The minimum Gasteiger partial charge on any atom is -0.481 e. The summed E-state index contributed by atoms with van der Waals surface area (Å²) in [5.41, 5.74) is 0.823. The largest absolute Gasteiger partial charge is 0.481 e. The molecule has 0 spiro atoms. The molecule has 1 saturated carbocycles. The summed E-state index contributed by atoms with van der Waals surface area (Å²) in [5.74, 6) is -0.228. The van der Waals surface area contributed by atoms with Gasteiger partial charge in [0.05, 0.1) is 5.41 Å². The molecule has 2 atom stereocenters. The average molecular weight is 371 g/mol. The molecule has 1 N–H and O–H groups in total. The van der Waals surface area contributed by atoms with Crippen LogP contribution in [-0.4, -0.2) is 29.1 Å². The standard InChI is InChI=1S/C15H18INO2/c16-13-5-3-11(4-6-13)8-17-9-12-2-1-7-15(12,10-17)14(18)19/h3-6,12H,1-2,7-10H2,(H,18,19)/t12-,15+/m0/s1. The average Bonchev–Trinajstić information content (AvgIpc) is 2.89. The highest BCUT2D eigenvalue weighted by molar-refractivity contribution is 14.1. The molecule has 0 bridgehead atoms. The maximum atomic E-state index is 11.6. The van der Waals surface area contributed by atoms with Crippen LogP contribution in [0.2, 0.25) is 0 Å². The van der Waals surface area contributed by atoms with Crippen LogP contribution in [0.1, 0.15) is 24.8 Å². The molecule has 1 aliphatic heterocycles. The maximum absolute atomic E-state index is 11.6. The zero-order valence-corrected chi connectivity index (χ0v) is 13.0. The van der Waals surface area contributed by atoms with Crippen molar-refractivity contribution in [1.82, 2.24) is 4.90 Å². The van der Waals surface area contributed by atoms with Crippen LogP contribution in [0.15, 0.2) is 24.3 Å². The van der Waals surface area contributed by atoms with Crippen molar-refractivity contribution in [2.24, 2.45) is 11.3 Å². The Kier molecular flexibility index (Phi) is 3.55. The zero-order valence-electron chi connectivity index (χ0n) is 10.8. The van der Waals surface area contributed by atoms with Crippen LogP contribution in [0.4, 0.5) is 0 Å². The second-order valence-electron chi connectivity index (χ2n) is 5.85. The lowest BCUT2D eigenvalue weighted by Crippen LogP contribution is -2.35. The van der Waals surface area contributed by atoms with Gasteiger partial charge in [-0.1, -0.05) is 18.6 Å². The van der Waals surface area contributed by atoms with Crippen LogP contribution in [0, 0.1) is 14.9 Å². The molecule has 19 heavy (non-hydrogen) atoms. The van der Waals surface area contributed by atoms with Gasteiger partial charge in [-0.05, 0) is 59.0 Å². The van der Waals surface area contributed by atoms with Crippen molar-refractivity contribution < 1.29 is 9.90 Å². The molecule has 0 amide bonds.